The molecule has 5 heteroatoms. The normalized spacial score (nSPS) is 38.4. The molecule has 4 nitrogen and oxygen atoms in total. The maximum Gasteiger partial charge on any atom is 0.105 e. The van der Waals surface area contributed by atoms with Crippen LogP contribution in [-0.4, -0.2) is 45.2 Å². The molecule has 0 radical (unpaired) electrons. The number of nitrogens with one attached hydrogen (secondary N) is 1. The Morgan fingerprint density at radius 2 is 1.48 bits per heavy atom. The summed E-state index contributed by atoms with van der Waals surface area (Å²) in [5, 5.41) is 35.8. The first-order valence-electron chi connectivity index (χ1n) is 13.3. The zero-order valence-corrected chi connectivity index (χ0v) is 20.6. The highest BCUT2D eigenvalue weighted by Gasteiger charge is 2.35. The van der Waals surface area contributed by atoms with Gasteiger partial charge < -0.3 is 15.3 Å². The third-order valence-electron chi connectivity index (χ3n) is 8.69. The van der Waals surface area contributed by atoms with E-state index >= 15 is 0 Å². The Labute approximate surface area is 195 Å². The van der Waals surface area contributed by atoms with E-state index in [9.17, 15) is 15.3 Å². The van der Waals surface area contributed by atoms with Crippen molar-refractivity contribution < 1.29 is 15.3 Å². The highest BCUT2D eigenvalue weighted by molar-refractivity contribution is 6.20. The lowest BCUT2D eigenvalue weighted by Gasteiger charge is -2.36. The quantitative estimate of drug-likeness (QED) is 0.229. The molecular formula is C26H48ClNO3. The second-order valence-corrected chi connectivity index (χ2v) is 12.0. The molecule has 3 rings (SSSR count). The number of rotatable bonds is 8. The molecule has 0 bridgehead atoms. The molecule has 0 aliphatic heterocycles. The number of aliphatic hydroxyl groups excluding tert-OH is 3. The van der Waals surface area contributed by atoms with Crippen molar-refractivity contribution in [2.75, 3.05) is 0 Å². The minimum absolute atomic E-state index is 0.0863. The fraction of sp³-hybridized carbons (Fsp3) is 1.00. The van der Waals surface area contributed by atoms with Crippen LogP contribution in [0, 0.1) is 29.6 Å². The number of hydrogen-bond donors (Lipinski definition) is 4. The van der Waals surface area contributed by atoms with E-state index in [0.29, 0.717) is 23.6 Å². The highest BCUT2D eigenvalue weighted by atomic mass is 35.5. The SMILES string of the molecule is CC(C)[C@@H](NC(O)CC1CCCC(O)C1)C(O)C1CCCC(C2CCC(Cl)CC2)CC1. The minimum atomic E-state index is -0.610. The van der Waals surface area contributed by atoms with Crippen molar-refractivity contribution in [3.05, 3.63) is 0 Å². The van der Waals surface area contributed by atoms with Gasteiger partial charge in [0.2, 0.25) is 0 Å². The van der Waals surface area contributed by atoms with E-state index < -0.39 is 12.3 Å². The Hall–Kier alpha value is 0.130. The first-order chi connectivity index (χ1) is 14.8. The van der Waals surface area contributed by atoms with Gasteiger partial charge in [-0.05, 0) is 93.8 Å². The summed E-state index contributed by atoms with van der Waals surface area (Å²) in [6.07, 6.45) is 14.1. The lowest BCUT2D eigenvalue weighted by atomic mass is 9.76. The number of aliphatic hydroxyl groups is 3. The Bertz CT molecular complexity index is 511. The summed E-state index contributed by atoms with van der Waals surface area (Å²) in [5.41, 5.74) is 0. The van der Waals surface area contributed by atoms with E-state index in [2.05, 4.69) is 19.2 Å². The summed E-state index contributed by atoms with van der Waals surface area (Å²) < 4.78 is 0. The molecule has 182 valence electrons. The summed E-state index contributed by atoms with van der Waals surface area (Å²) in [6, 6.07) is -0.0863. The maximum absolute atomic E-state index is 11.3. The molecule has 7 atom stereocenters. The molecule has 3 fully saturated rings. The summed E-state index contributed by atoms with van der Waals surface area (Å²) >= 11 is 6.32. The molecular weight excluding hydrogens is 410 g/mol. The summed E-state index contributed by atoms with van der Waals surface area (Å²) in [7, 11) is 0. The third kappa shape index (κ3) is 7.84. The second-order valence-electron chi connectivity index (χ2n) is 11.4. The molecule has 0 spiro atoms. The van der Waals surface area contributed by atoms with Crippen LogP contribution in [0.25, 0.3) is 0 Å². The van der Waals surface area contributed by atoms with Gasteiger partial charge in [-0.25, -0.2) is 0 Å². The molecule has 3 aliphatic rings. The zero-order chi connectivity index (χ0) is 22.4. The number of halogens is 1. The monoisotopic (exact) mass is 457 g/mol. The summed E-state index contributed by atoms with van der Waals surface area (Å²) in [6.45, 7) is 4.28. The Balaban J connectivity index is 1.50. The lowest BCUT2D eigenvalue weighted by Crippen LogP contribution is -2.51. The Kier molecular flexibility index (Phi) is 10.4. The van der Waals surface area contributed by atoms with E-state index in [4.69, 9.17) is 11.6 Å². The van der Waals surface area contributed by atoms with Gasteiger partial charge in [0.25, 0.3) is 0 Å². The molecule has 0 aromatic rings. The Morgan fingerprint density at radius 1 is 0.839 bits per heavy atom. The molecule has 3 aliphatic carbocycles. The predicted molar refractivity (Wildman–Crippen MR) is 128 cm³/mol. The van der Waals surface area contributed by atoms with Crippen LogP contribution < -0.4 is 5.32 Å². The van der Waals surface area contributed by atoms with Crippen LogP contribution in [0.4, 0.5) is 0 Å². The first-order valence-corrected chi connectivity index (χ1v) is 13.7. The molecule has 3 saturated carbocycles. The van der Waals surface area contributed by atoms with Gasteiger partial charge in [-0.15, -0.1) is 11.6 Å². The van der Waals surface area contributed by atoms with Crippen LogP contribution in [-0.2, 0) is 0 Å². The molecule has 6 unspecified atom stereocenters. The van der Waals surface area contributed by atoms with Gasteiger partial charge in [0.1, 0.15) is 6.23 Å². The summed E-state index contributed by atoms with van der Waals surface area (Å²) in [5.74, 6) is 2.59. The summed E-state index contributed by atoms with van der Waals surface area (Å²) in [4.78, 5) is 0. The van der Waals surface area contributed by atoms with Crippen LogP contribution in [0.1, 0.15) is 104 Å². The van der Waals surface area contributed by atoms with Crippen LogP contribution in [0.2, 0.25) is 0 Å². The third-order valence-corrected chi connectivity index (χ3v) is 9.13. The molecule has 0 heterocycles. The van der Waals surface area contributed by atoms with Crippen LogP contribution in [0.15, 0.2) is 0 Å². The molecule has 31 heavy (non-hydrogen) atoms. The minimum Gasteiger partial charge on any atom is -0.393 e. The van der Waals surface area contributed by atoms with Gasteiger partial charge >= 0.3 is 0 Å². The zero-order valence-electron chi connectivity index (χ0n) is 19.9. The van der Waals surface area contributed by atoms with Crippen molar-refractivity contribution in [1.29, 1.82) is 0 Å². The second kappa shape index (κ2) is 12.6. The molecule has 0 amide bonds. The lowest BCUT2D eigenvalue weighted by molar-refractivity contribution is -0.00120. The fourth-order valence-electron chi connectivity index (χ4n) is 6.78. The standard InChI is InChI=1S/C26H48ClNO3/c1-17(2)25(28-24(30)16-18-5-3-8-23(29)15-18)26(31)21-7-4-6-19(9-10-21)20-11-13-22(27)14-12-20/h17-26,28-31H,3-16H2,1-2H3/t18?,19?,20?,21?,22?,23?,24?,25-,26?/m1/s1. The molecule has 0 saturated heterocycles. The predicted octanol–water partition coefficient (Wildman–Crippen LogP) is 5.22. The van der Waals surface area contributed by atoms with Crippen molar-refractivity contribution in [3.63, 3.8) is 0 Å². The number of alkyl halides is 1. The molecule has 0 aromatic heterocycles. The van der Waals surface area contributed by atoms with Crippen LogP contribution >= 0.6 is 11.6 Å². The average molecular weight is 458 g/mol. The van der Waals surface area contributed by atoms with Gasteiger partial charge in [0, 0.05) is 11.4 Å². The van der Waals surface area contributed by atoms with E-state index in [1.54, 1.807) is 0 Å². The van der Waals surface area contributed by atoms with Crippen molar-refractivity contribution in [2.45, 2.75) is 134 Å². The van der Waals surface area contributed by atoms with Gasteiger partial charge in [0.05, 0.1) is 12.2 Å². The van der Waals surface area contributed by atoms with E-state index in [1.807, 2.05) is 0 Å². The molecule has 0 aromatic carbocycles. The van der Waals surface area contributed by atoms with Crippen LogP contribution in [0.3, 0.4) is 0 Å². The smallest absolute Gasteiger partial charge is 0.105 e. The average Bonchev–Trinajstić information content (AvgIpc) is 2.98. The largest absolute Gasteiger partial charge is 0.393 e. The van der Waals surface area contributed by atoms with Gasteiger partial charge in [0.15, 0.2) is 0 Å². The van der Waals surface area contributed by atoms with E-state index in [-0.39, 0.29) is 18.1 Å². The topological polar surface area (TPSA) is 72.7 Å². The highest BCUT2D eigenvalue weighted by Crippen LogP contribution is 2.41. The van der Waals surface area contributed by atoms with Crippen molar-refractivity contribution in [3.8, 4) is 0 Å². The van der Waals surface area contributed by atoms with Gasteiger partial charge in [-0.2, -0.15) is 0 Å². The first kappa shape index (κ1) is 25.7. The number of hydrogen-bond acceptors (Lipinski definition) is 4. The van der Waals surface area contributed by atoms with E-state index in [0.717, 1.165) is 50.4 Å². The Morgan fingerprint density at radius 3 is 2.16 bits per heavy atom. The van der Waals surface area contributed by atoms with Crippen molar-refractivity contribution >= 4 is 11.6 Å². The molecule has 4 N–H and O–H groups in total. The van der Waals surface area contributed by atoms with Crippen molar-refractivity contribution in [1.82, 2.24) is 5.32 Å². The fourth-order valence-corrected chi connectivity index (χ4v) is 7.04. The maximum atomic E-state index is 11.3. The van der Waals surface area contributed by atoms with Crippen molar-refractivity contribution in [2.24, 2.45) is 29.6 Å². The van der Waals surface area contributed by atoms with Crippen LogP contribution in [0.5, 0.6) is 0 Å². The van der Waals surface area contributed by atoms with E-state index in [1.165, 1.54) is 44.9 Å². The van der Waals surface area contributed by atoms with Gasteiger partial charge in [-0.3, -0.25) is 5.32 Å². The van der Waals surface area contributed by atoms with Gasteiger partial charge in [-0.1, -0.05) is 39.5 Å².